The molecule has 0 spiro atoms. The van der Waals surface area contributed by atoms with E-state index < -0.39 is 0 Å². The average Bonchev–Trinajstić information content (AvgIpc) is 2.91. The molecule has 0 fully saturated rings. The number of nitrogens with zero attached hydrogens (tertiary/aromatic N) is 3. The van der Waals surface area contributed by atoms with Crippen molar-refractivity contribution in [2.24, 2.45) is 0 Å². The van der Waals surface area contributed by atoms with Crippen LogP contribution < -0.4 is 10.1 Å². The lowest BCUT2D eigenvalue weighted by Gasteiger charge is -2.17. The molecule has 0 aliphatic rings. The molecule has 0 amide bonds. The van der Waals surface area contributed by atoms with Crippen molar-refractivity contribution in [3.8, 4) is 11.8 Å². The van der Waals surface area contributed by atoms with Gasteiger partial charge in [-0.25, -0.2) is 9.97 Å². The molecular formula is C19H20N4OS. The Morgan fingerprint density at radius 3 is 2.84 bits per heavy atom. The number of aryl methyl sites for hydroxylation is 2. The van der Waals surface area contributed by atoms with Gasteiger partial charge in [0, 0.05) is 10.9 Å². The van der Waals surface area contributed by atoms with Crippen molar-refractivity contribution < 1.29 is 4.74 Å². The summed E-state index contributed by atoms with van der Waals surface area (Å²) < 4.78 is 6.00. The number of anilines is 2. The number of thiophene rings is 1. The van der Waals surface area contributed by atoms with Crippen LogP contribution in [0, 0.1) is 25.2 Å². The summed E-state index contributed by atoms with van der Waals surface area (Å²) in [7, 11) is 0. The summed E-state index contributed by atoms with van der Waals surface area (Å²) >= 11 is 1.66. The average molecular weight is 352 g/mol. The second-order valence-corrected chi connectivity index (χ2v) is 7.17. The summed E-state index contributed by atoms with van der Waals surface area (Å²) in [5.74, 6) is 1.41. The van der Waals surface area contributed by atoms with Gasteiger partial charge in [0.2, 0.25) is 0 Å². The van der Waals surface area contributed by atoms with Gasteiger partial charge < -0.3 is 10.1 Å². The molecule has 1 N–H and O–H groups in total. The fourth-order valence-electron chi connectivity index (χ4n) is 2.50. The Balaban J connectivity index is 2.05. The summed E-state index contributed by atoms with van der Waals surface area (Å²) in [4.78, 5) is 11.0. The fourth-order valence-corrected chi connectivity index (χ4v) is 3.49. The van der Waals surface area contributed by atoms with Crippen LogP contribution in [0.25, 0.3) is 10.2 Å². The summed E-state index contributed by atoms with van der Waals surface area (Å²) in [5, 5.41) is 13.6. The van der Waals surface area contributed by atoms with Crippen LogP contribution in [0.1, 0.15) is 36.3 Å². The van der Waals surface area contributed by atoms with Crippen LogP contribution in [0.2, 0.25) is 0 Å². The van der Waals surface area contributed by atoms with Crippen LogP contribution in [0.3, 0.4) is 0 Å². The Kier molecular flexibility index (Phi) is 4.86. The van der Waals surface area contributed by atoms with Crippen molar-refractivity contribution in [2.75, 3.05) is 5.32 Å². The van der Waals surface area contributed by atoms with E-state index in [2.05, 4.69) is 42.1 Å². The second kappa shape index (κ2) is 7.08. The number of benzene rings is 1. The highest BCUT2D eigenvalue weighted by Gasteiger charge is 2.15. The molecule has 1 atom stereocenters. The van der Waals surface area contributed by atoms with E-state index in [-0.39, 0.29) is 6.10 Å². The van der Waals surface area contributed by atoms with Gasteiger partial charge in [-0.05, 0) is 44.9 Å². The minimum Gasteiger partial charge on any atom is -0.489 e. The minimum absolute atomic E-state index is 0.0602. The van der Waals surface area contributed by atoms with Crippen LogP contribution >= 0.6 is 11.3 Å². The van der Waals surface area contributed by atoms with Gasteiger partial charge in [0.1, 0.15) is 22.7 Å². The SMILES string of the molecule is CCC(C)Oc1cc(C#N)ccc1Nc1ncnc2sc(C)c(C)c12. The van der Waals surface area contributed by atoms with Crippen molar-refractivity contribution in [1.29, 1.82) is 5.26 Å². The maximum absolute atomic E-state index is 9.17. The fraction of sp³-hybridized carbons (Fsp3) is 0.316. The molecule has 0 saturated heterocycles. The lowest BCUT2D eigenvalue weighted by molar-refractivity contribution is 0.218. The van der Waals surface area contributed by atoms with Crippen molar-refractivity contribution >= 4 is 33.1 Å². The van der Waals surface area contributed by atoms with E-state index in [0.717, 1.165) is 28.1 Å². The van der Waals surface area contributed by atoms with Crippen LogP contribution in [0.4, 0.5) is 11.5 Å². The monoisotopic (exact) mass is 352 g/mol. The molecule has 0 bridgehead atoms. The third kappa shape index (κ3) is 3.42. The maximum Gasteiger partial charge on any atom is 0.144 e. The van der Waals surface area contributed by atoms with Gasteiger partial charge in [0.15, 0.2) is 0 Å². The molecular weight excluding hydrogens is 332 g/mol. The highest BCUT2D eigenvalue weighted by Crippen LogP contribution is 2.36. The predicted molar refractivity (Wildman–Crippen MR) is 102 cm³/mol. The van der Waals surface area contributed by atoms with Gasteiger partial charge in [-0.1, -0.05) is 6.92 Å². The van der Waals surface area contributed by atoms with E-state index in [9.17, 15) is 0 Å². The van der Waals surface area contributed by atoms with E-state index in [1.165, 1.54) is 10.4 Å². The van der Waals surface area contributed by atoms with Crippen LogP contribution in [0.5, 0.6) is 5.75 Å². The Hall–Kier alpha value is -2.65. The van der Waals surface area contributed by atoms with Crippen molar-refractivity contribution in [1.82, 2.24) is 9.97 Å². The normalized spacial score (nSPS) is 12.0. The lowest BCUT2D eigenvalue weighted by atomic mass is 10.1. The van der Waals surface area contributed by atoms with Crippen molar-refractivity contribution in [3.63, 3.8) is 0 Å². The maximum atomic E-state index is 9.17. The van der Waals surface area contributed by atoms with E-state index in [0.29, 0.717) is 11.3 Å². The molecule has 25 heavy (non-hydrogen) atoms. The van der Waals surface area contributed by atoms with Gasteiger partial charge in [-0.2, -0.15) is 5.26 Å². The molecule has 5 nitrogen and oxygen atoms in total. The van der Waals surface area contributed by atoms with E-state index in [1.54, 1.807) is 29.8 Å². The van der Waals surface area contributed by atoms with Gasteiger partial charge in [0.25, 0.3) is 0 Å². The van der Waals surface area contributed by atoms with Gasteiger partial charge in [0.05, 0.1) is 28.8 Å². The second-order valence-electron chi connectivity index (χ2n) is 5.97. The summed E-state index contributed by atoms with van der Waals surface area (Å²) in [6, 6.07) is 7.56. The molecule has 6 heteroatoms. The highest BCUT2D eigenvalue weighted by molar-refractivity contribution is 7.18. The molecule has 3 aromatic rings. The summed E-state index contributed by atoms with van der Waals surface area (Å²) in [6.07, 6.45) is 2.51. The number of rotatable bonds is 5. The van der Waals surface area contributed by atoms with E-state index in [4.69, 9.17) is 10.00 Å². The number of hydrogen-bond acceptors (Lipinski definition) is 6. The molecule has 1 aromatic carbocycles. The number of nitriles is 1. The quantitative estimate of drug-likeness (QED) is 0.691. The Morgan fingerprint density at radius 2 is 2.12 bits per heavy atom. The highest BCUT2D eigenvalue weighted by atomic mass is 32.1. The zero-order valence-corrected chi connectivity index (χ0v) is 15.6. The number of nitrogens with one attached hydrogen (secondary N) is 1. The number of hydrogen-bond donors (Lipinski definition) is 1. The number of fused-ring (bicyclic) bond motifs is 1. The summed E-state index contributed by atoms with van der Waals surface area (Å²) in [6.45, 7) is 8.25. The first-order valence-corrected chi connectivity index (χ1v) is 9.03. The lowest BCUT2D eigenvalue weighted by Crippen LogP contribution is -2.11. The molecule has 0 aliphatic carbocycles. The van der Waals surface area contributed by atoms with Crippen LogP contribution in [-0.2, 0) is 0 Å². The van der Waals surface area contributed by atoms with Gasteiger partial charge in [-0.15, -0.1) is 11.3 Å². The van der Waals surface area contributed by atoms with Gasteiger partial charge >= 0.3 is 0 Å². The topological polar surface area (TPSA) is 70.8 Å². The first-order valence-electron chi connectivity index (χ1n) is 8.22. The Labute approximate surface area is 151 Å². The van der Waals surface area contributed by atoms with Gasteiger partial charge in [-0.3, -0.25) is 0 Å². The van der Waals surface area contributed by atoms with Crippen LogP contribution in [0.15, 0.2) is 24.5 Å². The third-order valence-corrected chi connectivity index (χ3v) is 5.35. The molecule has 1 unspecified atom stereocenters. The molecule has 2 aromatic heterocycles. The van der Waals surface area contributed by atoms with E-state index in [1.807, 2.05) is 13.0 Å². The molecule has 2 heterocycles. The zero-order valence-electron chi connectivity index (χ0n) is 14.8. The smallest absolute Gasteiger partial charge is 0.144 e. The largest absolute Gasteiger partial charge is 0.489 e. The molecule has 3 rings (SSSR count). The number of ether oxygens (including phenoxy) is 1. The van der Waals surface area contributed by atoms with Crippen LogP contribution in [-0.4, -0.2) is 16.1 Å². The first kappa shape index (κ1) is 17.2. The van der Waals surface area contributed by atoms with Crippen molar-refractivity contribution in [3.05, 3.63) is 40.5 Å². The molecule has 0 saturated carbocycles. The Morgan fingerprint density at radius 1 is 1.32 bits per heavy atom. The number of aromatic nitrogens is 2. The molecule has 128 valence electrons. The predicted octanol–water partition coefficient (Wildman–Crippen LogP) is 5.10. The summed E-state index contributed by atoms with van der Waals surface area (Å²) in [5.41, 5.74) is 2.54. The standard InChI is InChI=1S/C19H20N4OS/c1-5-11(2)24-16-8-14(9-20)6-7-15(16)23-18-17-12(3)13(4)25-19(17)22-10-21-18/h6-8,10-11H,5H2,1-4H3,(H,21,22,23). The molecule has 0 aliphatic heterocycles. The minimum atomic E-state index is 0.0602. The first-order chi connectivity index (χ1) is 12.0. The Bertz CT molecular complexity index is 958. The van der Waals surface area contributed by atoms with Crippen molar-refractivity contribution in [2.45, 2.75) is 40.2 Å². The third-order valence-electron chi connectivity index (χ3n) is 4.23. The molecule has 0 radical (unpaired) electrons. The van der Waals surface area contributed by atoms with E-state index >= 15 is 0 Å². The zero-order chi connectivity index (χ0) is 18.0.